The van der Waals surface area contributed by atoms with Crippen LogP contribution in [0.4, 0.5) is 5.69 Å². The molecule has 1 heterocycles. The number of hydrogen-bond acceptors (Lipinski definition) is 4. The summed E-state index contributed by atoms with van der Waals surface area (Å²) in [7, 11) is 1.55. The van der Waals surface area contributed by atoms with Gasteiger partial charge in [-0.2, -0.15) is 0 Å². The molecule has 2 fully saturated rings. The Morgan fingerprint density at radius 1 is 1.10 bits per heavy atom. The van der Waals surface area contributed by atoms with Gasteiger partial charge in [-0.3, -0.25) is 24.1 Å². The first-order valence-corrected chi connectivity index (χ1v) is 10.2. The molecule has 0 radical (unpaired) electrons. The molecule has 7 nitrogen and oxygen atoms in total. The molecule has 29 heavy (non-hydrogen) atoms. The van der Waals surface area contributed by atoms with E-state index in [-0.39, 0.29) is 55.0 Å². The van der Waals surface area contributed by atoms with Crippen LogP contribution in [0.1, 0.15) is 43.2 Å². The molecule has 0 bridgehead atoms. The Kier molecular flexibility index (Phi) is 6.35. The molecule has 1 N–H and O–H groups in total. The summed E-state index contributed by atoms with van der Waals surface area (Å²) in [6.07, 6.45) is 3.51. The average molecular weight is 399 g/mol. The van der Waals surface area contributed by atoms with Crippen LogP contribution in [0.15, 0.2) is 18.2 Å². The summed E-state index contributed by atoms with van der Waals surface area (Å²) in [4.78, 5) is 52.3. The number of rotatable bonds is 6. The number of carbonyl (C=O) groups is 4. The first-order chi connectivity index (χ1) is 13.8. The zero-order valence-corrected chi connectivity index (χ0v) is 17.4. The normalized spacial score (nSPS) is 21.1. The molecule has 4 amide bonds. The number of imide groups is 1. The summed E-state index contributed by atoms with van der Waals surface area (Å²) >= 11 is 0. The molecule has 2 atom stereocenters. The van der Waals surface area contributed by atoms with Crippen molar-refractivity contribution < 1.29 is 19.2 Å². The number of likely N-dealkylation sites (tertiary alicyclic amines) is 1. The van der Waals surface area contributed by atoms with Crippen molar-refractivity contribution in [3.63, 3.8) is 0 Å². The number of aryl methyl sites for hydroxylation is 2. The number of nitrogens with zero attached hydrogens (tertiary/aromatic N) is 2. The topological polar surface area (TPSA) is 86.8 Å². The van der Waals surface area contributed by atoms with Gasteiger partial charge in [0.2, 0.25) is 23.6 Å². The molecule has 7 heteroatoms. The molecule has 2 aliphatic rings. The lowest BCUT2D eigenvalue weighted by Gasteiger charge is -2.20. The van der Waals surface area contributed by atoms with E-state index in [9.17, 15) is 19.2 Å². The standard InChI is InChI=1S/C22H29N3O4/c1-14-8-9-15(2)18(12-14)23-19(26)13-24(3)20(27)10-11-25-21(28)16-6-4-5-7-17(16)22(25)29/h8-9,12,16-17H,4-7,10-11,13H2,1-3H3,(H,23,26)/t16-,17+. The summed E-state index contributed by atoms with van der Waals surface area (Å²) in [5.41, 5.74) is 2.72. The van der Waals surface area contributed by atoms with E-state index in [1.165, 1.54) is 9.80 Å². The minimum atomic E-state index is -0.283. The molecular weight excluding hydrogens is 370 g/mol. The Labute approximate surface area is 171 Å². The van der Waals surface area contributed by atoms with Crippen molar-refractivity contribution in [1.29, 1.82) is 0 Å². The molecule has 1 aromatic carbocycles. The van der Waals surface area contributed by atoms with Crippen molar-refractivity contribution in [2.45, 2.75) is 46.0 Å². The molecule has 1 saturated heterocycles. The van der Waals surface area contributed by atoms with Gasteiger partial charge < -0.3 is 10.2 Å². The Morgan fingerprint density at radius 2 is 1.72 bits per heavy atom. The quantitative estimate of drug-likeness (QED) is 0.744. The summed E-state index contributed by atoms with van der Waals surface area (Å²) in [6.45, 7) is 3.86. The maximum absolute atomic E-state index is 12.5. The van der Waals surface area contributed by atoms with Gasteiger partial charge >= 0.3 is 0 Å². The van der Waals surface area contributed by atoms with E-state index >= 15 is 0 Å². The highest BCUT2D eigenvalue weighted by Gasteiger charge is 2.47. The van der Waals surface area contributed by atoms with Crippen molar-refractivity contribution in [2.75, 3.05) is 25.5 Å². The average Bonchev–Trinajstić information content (AvgIpc) is 2.93. The van der Waals surface area contributed by atoms with Gasteiger partial charge in [-0.1, -0.05) is 25.0 Å². The van der Waals surface area contributed by atoms with Crippen LogP contribution >= 0.6 is 0 Å². The van der Waals surface area contributed by atoms with Crippen LogP contribution in [0.2, 0.25) is 0 Å². The summed E-state index contributed by atoms with van der Waals surface area (Å²) in [5, 5.41) is 2.83. The van der Waals surface area contributed by atoms with E-state index in [0.29, 0.717) is 0 Å². The van der Waals surface area contributed by atoms with Gasteiger partial charge in [0.25, 0.3) is 0 Å². The van der Waals surface area contributed by atoms with Gasteiger partial charge in [0.1, 0.15) is 0 Å². The lowest BCUT2D eigenvalue weighted by atomic mass is 9.81. The monoisotopic (exact) mass is 399 g/mol. The summed E-state index contributed by atoms with van der Waals surface area (Å²) in [6, 6.07) is 5.79. The zero-order valence-electron chi connectivity index (χ0n) is 17.4. The maximum Gasteiger partial charge on any atom is 0.243 e. The number of likely N-dealkylation sites (N-methyl/N-ethyl adjacent to an activating group) is 1. The Hall–Kier alpha value is -2.70. The number of amides is 4. The van der Waals surface area contributed by atoms with Crippen LogP contribution in [0.5, 0.6) is 0 Å². The van der Waals surface area contributed by atoms with E-state index in [1.807, 2.05) is 32.0 Å². The minimum Gasteiger partial charge on any atom is -0.336 e. The fourth-order valence-electron chi connectivity index (χ4n) is 4.21. The Balaban J connectivity index is 1.50. The van der Waals surface area contributed by atoms with Crippen molar-refractivity contribution >= 4 is 29.3 Å². The largest absolute Gasteiger partial charge is 0.336 e. The second-order valence-corrected chi connectivity index (χ2v) is 8.19. The number of anilines is 1. The Bertz CT molecular complexity index is 811. The number of carbonyl (C=O) groups excluding carboxylic acids is 4. The molecule has 1 saturated carbocycles. The molecule has 3 rings (SSSR count). The van der Waals surface area contributed by atoms with E-state index in [2.05, 4.69) is 5.32 Å². The van der Waals surface area contributed by atoms with Crippen LogP contribution in [0.25, 0.3) is 0 Å². The third-order valence-corrected chi connectivity index (χ3v) is 5.96. The first kappa shape index (κ1) is 21.0. The fourth-order valence-corrected chi connectivity index (χ4v) is 4.21. The summed E-state index contributed by atoms with van der Waals surface area (Å²) < 4.78 is 0. The van der Waals surface area contributed by atoms with Crippen LogP contribution in [0.3, 0.4) is 0 Å². The van der Waals surface area contributed by atoms with E-state index in [1.54, 1.807) is 7.05 Å². The van der Waals surface area contributed by atoms with Crippen LogP contribution in [0, 0.1) is 25.7 Å². The highest BCUT2D eigenvalue weighted by Crippen LogP contribution is 2.37. The first-order valence-electron chi connectivity index (χ1n) is 10.2. The van der Waals surface area contributed by atoms with E-state index in [0.717, 1.165) is 42.5 Å². The van der Waals surface area contributed by atoms with E-state index in [4.69, 9.17) is 0 Å². The van der Waals surface area contributed by atoms with Crippen molar-refractivity contribution in [3.8, 4) is 0 Å². The van der Waals surface area contributed by atoms with Gasteiger partial charge in [0.05, 0.1) is 18.4 Å². The van der Waals surface area contributed by atoms with Crippen molar-refractivity contribution in [1.82, 2.24) is 9.80 Å². The molecule has 156 valence electrons. The maximum atomic E-state index is 12.5. The molecule has 0 unspecified atom stereocenters. The zero-order chi connectivity index (χ0) is 21.1. The molecule has 0 aromatic heterocycles. The molecular formula is C22H29N3O4. The number of benzene rings is 1. The fraction of sp³-hybridized carbons (Fsp3) is 0.545. The Morgan fingerprint density at radius 3 is 2.34 bits per heavy atom. The van der Waals surface area contributed by atoms with E-state index < -0.39 is 0 Å². The summed E-state index contributed by atoms with van der Waals surface area (Å²) in [5.74, 6) is -1.23. The highest BCUT2D eigenvalue weighted by molar-refractivity contribution is 6.05. The van der Waals surface area contributed by atoms with Crippen LogP contribution < -0.4 is 5.32 Å². The highest BCUT2D eigenvalue weighted by atomic mass is 16.2. The van der Waals surface area contributed by atoms with Crippen LogP contribution in [-0.4, -0.2) is 53.6 Å². The minimum absolute atomic E-state index is 0.0319. The lowest BCUT2D eigenvalue weighted by Crippen LogP contribution is -2.38. The van der Waals surface area contributed by atoms with Gasteiger partial charge in [-0.15, -0.1) is 0 Å². The predicted molar refractivity (Wildman–Crippen MR) is 109 cm³/mol. The van der Waals surface area contributed by atoms with Crippen LogP contribution in [-0.2, 0) is 19.2 Å². The SMILES string of the molecule is Cc1ccc(C)c(NC(=O)CN(C)C(=O)CCN2C(=O)[C@H]3CCCC[C@H]3C2=O)c1. The molecule has 1 aromatic rings. The van der Waals surface area contributed by atoms with Gasteiger partial charge in [0, 0.05) is 25.7 Å². The number of nitrogens with one attached hydrogen (secondary N) is 1. The number of fused-ring (bicyclic) bond motifs is 1. The molecule has 0 spiro atoms. The third kappa shape index (κ3) is 4.66. The van der Waals surface area contributed by atoms with Crippen molar-refractivity contribution in [3.05, 3.63) is 29.3 Å². The van der Waals surface area contributed by atoms with Crippen molar-refractivity contribution in [2.24, 2.45) is 11.8 Å². The third-order valence-electron chi connectivity index (χ3n) is 5.96. The molecule has 1 aliphatic carbocycles. The second kappa shape index (κ2) is 8.76. The lowest BCUT2D eigenvalue weighted by molar-refractivity contribution is -0.141. The predicted octanol–water partition coefficient (Wildman–Crippen LogP) is 2.27. The smallest absolute Gasteiger partial charge is 0.243 e. The van der Waals surface area contributed by atoms with Gasteiger partial charge in [0.15, 0.2) is 0 Å². The van der Waals surface area contributed by atoms with Gasteiger partial charge in [-0.25, -0.2) is 0 Å². The molecule has 1 aliphatic heterocycles. The number of hydrogen-bond donors (Lipinski definition) is 1. The second-order valence-electron chi connectivity index (χ2n) is 8.19. The van der Waals surface area contributed by atoms with Gasteiger partial charge in [-0.05, 0) is 43.9 Å².